The Morgan fingerprint density at radius 1 is 1.71 bits per heavy atom. The quantitative estimate of drug-likeness (QED) is 0.631. The topological polar surface area (TPSA) is 33.4 Å². The van der Waals surface area contributed by atoms with Crippen LogP contribution in [-0.2, 0) is 0 Å². The number of halogens is 1. The highest BCUT2D eigenvalue weighted by Crippen LogP contribution is 2.22. The van der Waals surface area contributed by atoms with Crippen LogP contribution in [0.5, 0.6) is 5.95 Å². The third kappa shape index (κ3) is 0.771. The molecule has 1 aromatic rings. The van der Waals surface area contributed by atoms with Crippen molar-refractivity contribution in [2.45, 2.75) is 0 Å². The standard InChI is InChI=1S/C4H3BrO2/c5-3-1-2-7-4(3)6/h1-2,6H. The van der Waals surface area contributed by atoms with Gasteiger partial charge in [0, 0.05) is 0 Å². The molecule has 0 aromatic carbocycles. The van der Waals surface area contributed by atoms with Crippen LogP contribution in [0.4, 0.5) is 0 Å². The molecule has 0 fully saturated rings. The molecule has 0 spiro atoms. The number of hydrogen-bond acceptors (Lipinski definition) is 2. The van der Waals surface area contributed by atoms with Gasteiger partial charge in [0.05, 0.1) is 6.26 Å². The van der Waals surface area contributed by atoms with Crippen LogP contribution in [0, 0.1) is 0 Å². The molecule has 0 saturated heterocycles. The van der Waals surface area contributed by atoms with Crippen LogP contribution in [0.3, 0.4) is 0 Å². The van der Waals surface area contributed by atoms with Crippen LogP contribution < -0.4 is 0 Å². The van der Waals surface area contributed by atoms with Crippen LogP contribution in [0.25, 0.3) is 0 Å². The van der Waals surface area contributed by atoms with Crippen molar-refractivity contribution in [3.05, 3.63) is 16.8 Å². The van der Waals surface area contributed by atoms with E-state index in [9.17, 15) is 0 Å². The molecule has 2 nitrogen and oxygen atoms in total. The van der Waals surface area contributed by atoms with Gasteiger partial charge in [-0.25, -0.2) is 0 Å². The minimum absolute atomic E-state index is 0.0694. The molecular formula is C4H3BrO2. The fourth-order valence-corrected chi connectivity index (χ4v) is 0.487. The second-order valence-electron chi connectivity index (χ2n) is 1.07. The van der Waals surface area contributed by atoms with Crippen LogP contribution >= 0.6 is 15.9 Å². The molecule has 0 saturated carbocycles. The molecule has 0 aliphatic heterocycles. The molecule has 38 valence electrons. The van der Waals surface area contributed by atoms with E-state index in [4.69, 9.17) is 5.11 Å². The van der Waals surface area contributed by atoms with Crippen molar-refractivity contribution in [2.24, 2.45) is 0 Å². The van der Waals surface area contributed by atoms with Gasteiger partial charge in [-0.15, -0.1) is 0 Å². The summed E-state index contributed by atoms with van der Waals surface area (Å²) in [5.41, 5.74) is 0. The summed E-state index contributed by atoms with van der Waals surface area (Å²) in [6.07, 6.45) is 1.40. The van der Waals surface area contributed by atoms with E-state index in [1.807, 2.05) is 0 Å². The Morgan fingerprint density at radius 2 is 2.43 bits per heavy atom. The fraction of sp³-hybridized carbons (Fsp3) is 0. The first-order chi connectivity index (χ1) is 3.30. The maximum atomic E-state index is 8.55. The summed E-state index contributed by atoms with van der Waals surface area (Å²) in [4.78, 5) is 0. The second-order valence-corrected chi connectivity index (χ2v) is 1.93. The molecule has 1 rings (SSSR count). The van der Waals surface area contributed by atoms with Crippen molar-refractivity contribution in [3.63, 3.8) is 0 Å². The average molecular weight is 163 g/mol. The molecule has 1 aromatic heterocycles. The number of hydrogen-bond donors (Lipinski definition) is 1. The summed E-state index contributed by atoms with van der Waals surface area (Å²) < 4.78 is 5.06. The average Bonchev–Trinajstić information content (AvgIpc) is 1.91. The van der Waals surface area contributed by atoms with Crippen molar-refractivity contribution in [1.29, 1.82) is 0 Å². The number of furan rings is 1. The van der Waals surface area contributed by atoms with Crippen molar-refractivity contribution in [3.8, 4) is 5.95 Å². The zero-order chi connectivity index (χ0) is 5.28. The lowest BCUT2D eigenvalue weighted by molar-refractivity contribution is 0.330. The maximum absolute atomic E-state index is 8.55. The summed E-state index contributed by atoms with van der Waals surface area (Å²) in [6.45, 7) is 0. The Labute approximate surface area is 48.9 Å². The van der Waals surface area contributed by atoms with Gasteiger partial charge in [0.25, 0.3) is 5.95 Å². The van der Waals surface area contributed by atoms with Crippen molar-refractivity contribution < 1.29 is 9.52 Å². The summed E-state index contributed by atoms with van der Waals surface area (Å²) in [5, 5.41) is 8.55. The van der Waals surface area contributed by atoms with E-state index in [1.165, 1.54) is 6.26 Å². The van der Waals surface area contributed by atoms with Crippen molar-refractivity contribution in [1.82, 2.24) is 0 Å². The van der Waals surface area contributed by atoms with E-state index in [0.717, 1.165) is 0 Å². The number of rotatable bonds is 0. The molecule has 0 unspecified atom stereocenters. The van der Waals surface area contributed by atoms with E-state index in [0.29, 0.717) is 4.47 Å². The van der Waals surface area contributed by atoms with Gasteiger partial charge < -0.3 is 9.52 Å². The lowest BCUT2D eigenvalue weighted by Gasteiger charge is -1.76. The lowest BCUT2D eigenvalue weighted by Crippen LogP contribution is -1.48. The van der Waals surface area contributed by atoms with Gasteiger partial charge in [-0.2, -0.15) is 0 Å². The van der Waals surface area contributed by atoms with Gasteiger partial charge in [0.15, 0.2) is 0 Å². The number of aromatic hydroxyl groups is 1. The van der Waals surface area contributed by atoms with Gasteiger partial charge in [-0.1, -0.05) is 0 Å². The Hall–Kier alpha value is -0.440. The predicted molar refractivity (Wildman–Crippen MR) is 28.1 cm³/mol. The lowest BCUT2D eigenvalue weighted by atomic mass is 10.7. The summed E-state index contributed by atoms with van der Waals surface area (Å²) in [7, 11) is 0. The highest BCUT2D eigenvalue weighted by atomic mass is 79.9. The summed E-state index contributed by atoms with van der Waals surface area (Å²) >= 11 is 3.02. The first-order valence-corrected chi connectivity index (χ1v) is 2.52. The Balaban J connectivity index is 3.12. The highest BCUT2D eigenvalue weighted by Gasteiger charge is 1.95. The molecule has 0 amide bonds. The smallest absolute Gasteiger partial charge is 0.296 e. The molecule has 1 N–H and O–H groups in total. The van der Waals surface area contributed by atoms with E-state index in [-0.39, 0.29) is 5.95 Å². The van der Waals surface area contributed by atoms with Crippen LogP contribution in [0.15, 0.2) is 21.2 Å². The van der Waals surface area contributed by atoms with E-state index >= 15 is 0 Å². The van der Waals surface area contributed by atoms with Crippen LogP contribution in [0.1, 0.15) is 0 Å². The molecule has 3 heteroatoms. The molecule has 0 aliphatic rings. The third-order valence-electron chi connectivity index (χ3n) is 0.598. The zero-order valence-corrected chi connectivity index (χ0v) is 4.97. The molecule has 0 aliphatic carbocycles. The first kappa shape index (κ1) is 4.71. The van der Waals surface area contributed by atoms with Gasteiger partial charge in [-0.05, 0) is 22.0 Å². The Bertz CT molecular complexity index is 142. The van der Waals surface area contributed by atoms with Gasteiger partial charge in [-0.3, -0.25) is 0 Å². The normalized spacial score (nSPS) is 9.29. The second kappa shape index (κ2) is 1.58. The molecular weight excluding hydrogens is 160 g/mol. The SMILES string of the molecule is Oc1occc1Br. The van der Waals surface area contributed by atoms with Gasteiger partial charge in [0.2, 0.25) is 0 Å². The molecule has 1 heterocycles. The van der Waals surface area contributed by atoms with E-state index < -0.39 is 0 Å². The van der Waals surface area contributed by atoms with E-state index in [2.05, 4.69) is 20.3 Å². The van der Waals surface area contributed by atoms with Crippen molar-refractivity contribution in [2.75, 3.05) is 0 Å². The molecule has 0 bridgehead atoms. The van der Waals surface area contributed by atoms with E-state index in [1.54, 1.807) is 6.07 Å². The molecule has 0 atom stereocenters. The van der Waals surface area contributed by atoms with Crippen LogP contribution in [0.2, 0.25) is 0 Å². The molecule has 0 radical (unpaired) electrons. The largest absolute Gasteiger partial charge is 0.480 e. The summed E-state index contributed by atoms with van der Waals surface area (Å²) in [5.74, 6) is -0.0694. The minimum atomic E-state index is -0.0694. The molecule has 7 heavy (non-hydrogen) atoms. The highest BCUT2D eigenvalue weighted by molar-refractivity contribution is 9.10. The monoisotopic (exact) mass is 162 g/mol. The minimum Gasteiger partial charge on any atom is -0.480 e. The van der Waals surface area contributed by atoms with Crippen LogP contribution in [-0.4, -0.2) is 5.11 Å². The Kier molecular flexibility index (Phi) is 1.06. The third-order valence-corrected chi connectivity index (χ3v) is 1.20. The fourth-order valence-electron chi connectivity index (χ4n) is 0.286. The maximum Gasteiger partial charge on any atom is 0.296 e. The first-order valence-electron chi connectivity index (χ1n) is 1.72. The van der Waals surface area contributed by atoms with Gasteiger partial charge >= 0.3 is 0 Å². The zero-order valence-electron chi connectivity index (χ0n) is 3.39. The van der Waals surface area contributed by atoms with Crippen molar-refractivity contribution >= 4 is 15.9 Å². The predicted octanol–water partition coefficient (Wildman–Crippen LogP) is 1.75. The van der Waals surface area contributed by atoms with Gasteiger partial charge in [0.1, 0.15) is 4.47 Å². The summed E-state index contributed by atoms with van der Waals surface area (Å²) in [6, 6.07) is 1.62. The Morgan fingerprint density at radius 3 is 2.57 bits per heavy atom.